The van der Waals surface area contributed by atoms with Crippen LogP contribution in [0.3, 0.4) is 0 Å². The van der Waals surface area contributed by atoms with Crippen molar-refractivity contribution in [2.24, 2.45) is 0 Å². The molecule has 0 saturated carbocycles. The van der Waals surface area contributed by atoms with Gasteiger partial charge in [0.2, 0.25) is 0 Å². The van der Waals surface area contributed by atoms with Crippen molar-refractivity contribution in [3.8, 4) is 0 Å². The van der Waals surface area contributed by atoms with Gasteiger partial charge in [-0.3, -0.25) is 0 Å². The molecule has 96 valence electrons. The van der Waals surface area contributed by atoms with Gasteiger partial charge in [-0.2, -0.15) is 0 Å². The SMILES string of the molecule is C1C[Se]CCC[Se]CCC[Se]CCC[Se]C1. The molecule has 0 aromatic heterocycles. The Balaban J connectivity index is 2.00. The summed E-state index contributed by atoms with van der Waals surface area (Å²) >= 11 is 4.03. The summed E-state index contributed by atoms with van der Waals surface area (Å²) in [5.41, 5.74) is 0. The Morgan fingerprint density at radius 1 is 0.312 bits per heavy atom. The summed E-state index contributed by atoms with van der Waals surface area (Å²) in [6.45, 7) is 0. The van der Waals surface area contributed by atoms with Crippen LogP contribution in [0.2, 0.25) is 42.6 Å². The molecule has 1 saturated heterocycles. The minimum absolute atomic E-state index is 1.01. The van der Waals surface area contributed by atoms with Crippen molar-refractivity contribution >= 4 is 59.8 Å². The molecule has 0 aromatic rings. The van der Waals surface area contributed by atoms with Crippen LogP contribution in [0.4, 0.5) is 0 Å². The quantitative estimate of drug-likeness (QED) is 0.460. The number of rotatable bonds is 0. The van der Waals surface area contributed by atoms with Gasteiger partial charge < -0.3 is 0 Å². The van der Waals surface area contributed by atoms with E-state index in [0.29, 0.717) is 0 Å². The Labute approximate surface area is 127 Å². The molecule has 0 radical (unpaired) electrons. The third-order valence-corrected chi connectivity index (χ3v) is 12.0. The van der Waals surface area contributed by atoms with Gasteiger partial charge in [0.25, 0.3) is 0 Å². The van der Waals surface area contributed by atoms with Gasteiger partial charge in [-0.05, 0) is 0 Å². The van der Waals surface area contributed by atoms with Crippen molar-refractivity contribution in [3.63, 3.8) is 0 Å². The molecular formula is C12H24Se4. The molecule has 0 N–H and O–H groups in total. The first-order valence-electron chi connectivity index (χ1n) is 6.31. The van der Waals surface area contributed by atoms with E-state index in [1.807, 2.05) is 0 Å². The Bertz CT molecular complexity index is 77.0. The second-order valence-electron chi connectivity index (χ2n) is 3.86. The molecule has 0 bridgehead atoms. The summed E-state index contributed by atoms with van der Waals surface area (Å²) in [4.78, 5) is 0. The van der Waals surface area contributed by atoms with Crippen LogP contribution >= 0.6 is 0 Å². The minimum atomic E-state index is 1.01. The summed E-state index contributed by atoms with van der Waals surface area (Å²) in [5, 5.41) is 12.7. The fourth-order valence-corrected chi connectivity index (χ4v) is 12.7. The van der Waals surface area contributed by atoms with Gasteiger partial charge >= 0.3 is 128 Å². The average Bonchev–Trinajstić information content (AvgIpc) is 2.29. The second-order valence-corrected chi connectivity index (χ2v) is 14.1. The van der Waals surface area contributed by atoms with E-state index in [1.165, 1.54) is 0 Å². The standard InChI is InChI=1S/C12H24Se4/c1-5-13-7-2-9-15-11-4-12-16-10-3-8-14-6-1/h1-12H2. The van der Waals surface area contributed by atoms with E-state index in [-0.39, 0.29) is 0 Å². The molecule has 0 nitrogen and oxygen atoms in total. The first-order chi connectivity index (χ1) is 8.00. The van der Waals surface area contributed by atoms with Crippen LogP contribution < -0.4 is 0 Å². The van der Waals surface area contributed by atoms with E-state index >= 15 is 0 Å². The van der Waals surface area contributed by atoms with Crippen LogP contribution in [0.1, 0.15) is 25.7 Å². The predicted molar refractivity (Wildman–Crippen MR) is 79.9 cm³/mol. The topological polar surface area (TPSA) is 0 Å². The molecule has 0 unspecified atom stereocenters. The molecule has 16 heavy (non-hydrogen) atoms. The van der Waals surface area contributed by atoms with Gasteiger partial charge in [0, 0.05) is 0 Å². The van der Waals surface area contributed by atoms with Crippen LogP contribution in [0, 0.1) is 0 Å². The molecule has 1 heterocycles. The van der Waals surface area contributed by atoms with Crippen LogP contribution in [0.5, 0.6) is 0 Å². The molecule has 0 amide bonds. The molecule has 0 atom stereocenters. The van der Waals surface area contributed by atoms with Crippen molar-refractivity contribution in [1.82, 2.24) is 0 Å². The molecule has 0 aromatic carbocycles. The third kappa shape index (κ3) is 11.2. The van der Waals surface area contributed by atoms with Crippen molar-refractivity contribution in [2.45, 2.75) is 68.2 Å². The fraction of sp³-hybridized carbons (Fsp3) is 1.00. The van der Waals surface area contributed by atoms with E-state index < -0.39 is 0 Å². The van der Waals surface area contributed by atoms with E-state index in [1.54, 1.807) is 68.2 Å². The Hall–Kier alpha value is 2.08. The fourth-order valence-electron chi connectivity index (χ4n) is 1.46. The van der Waals surface area contributed by atoms with E-state index in [9.17, 15) is 0 Å². The normalized spacial score (nSPS) is 24.0. The van der Waals surface area contributed by atoms with E-state index in [2.05, 4.69) is 0 Å². The Kier molecular flexibility index (Phi) is 13.6. The molecule has 1 aliphatic heterocycles. The van der Waals surface area contributed by atoms with E-state index in [4.69, 9.17) is 0 Å². The van der Waals surface area contributed by atoms with Gasteiger partial charge in [-0.25, -0.2) is 0 Å². The summed E-state index contributed by atoms with van der Waals surface area (Å²) < 4.78 is 0. The molecule has 4 heteroatoms. The van der Waals surface area contributed by atoms with Crippen LogP contribution in [-0.2, 0) is 0 Å². The first-order valence-corrected chi connectivity index (χ1v) is 16.0. The summed E-state index contributed by atoms with van der Waals surface area (Å²) in [6, 6.07) is 0. The third-order valence-electron chi connectivity index (χ3n) is 2.31. The zero-order valence-electron chi connectivity index (χ0n) is 10.1. The van der Waals surface area contributed by atoms with Crippen molar-refractivity contribution in [1.29, 1.82) is 0 Å². The van der Waals surface area contributed by atoms with Gasteiger partial charge in [-0.15, -0.1) is 0 Å². The summed E-state index contributed by atoms with van der Waals surface area (Å²) in [7, 11) is 0. The maximum atomic E-state index is 1.59. The van der Waals surface area contributed by atoms with Crippen LogP contribution in [0.15, 0.2) is 0 Å². The molecule has 0 aliphatic carbocycles. The van der Waals surface area contributed by atoms with Crippen LogP contribution in [0.25, 0.3) is 0 Å². The molecule has 1 fully saturated rings. The van der Waals surface area contributed by atoms with Crippen molar-refractivity contribution in [2.75, 3.05) is 0 Å². The van der Waals surface area contributed by atoms with Gasteiger partial charge in [0.1, 0.15) is 0 Å². The first kappa shape index (κ1) is 16.1. The Morgan fingerprint density at radius 3 is 0.688 bits per heavy atom. The summed E-state index contributed by atoms with van der Waals surface area (Å²) in [6.07, 6.45) is 6.26. The van der Waals surface area contributed by atoms with Crippen LogP contribution in [-0.4, -0.2) is 59.8 Å². The molecule has 0 spiro atoms. The monoisotopic (exact) mass is 488 g/mol. The zero-order valence-corrected chi connectivity index (χ0v) is 17.0. The number of hydrogen-bond acceptors (Lipinski definition) is 0. The molecule has 1 aliphatic rings. The van der Waals surface area contributed by atoms with Gasteiger partial charge in [0.15, 0.2) is 0 Å². The number of hydrogen-bond donors (Lipinski definition) is 0. The molecular weight excluding hydrogens is 460 g/mol. The van der Waals surface area contributed by atoms with E-state index in [0.717, 1.165) is 59.8 Å². The predicted octanol–water partition coefficient (Wildman–Crippen LogP) is 3.72. The second kappa shape index (κ2) is 13.5. The Morgan fingerprint density at radius 2 is 0.500 bits per heavy atom. The average molecular weight is 484 g/mol. The maximum absolute atomic E-state index is 1.59. The zero-order chi connectivity index (χ0) is 11.3. The molecule has 1 rings (SSSR count). The summed E-state index contributed by atoms with van der Waals surface area (Å²) in [5.74, 6) is 0. The van der Waals surface area contributed by atoms with Crippen molar-refractivity contribution in [3.05, 3.63) is 0 Å². The van der Waals surface area contributed by atoms with Gasteiger partial charge in [-0.1, -0.05) is 0 Å². The van der Waals surface area contributed by atoms with Crippen molar-refractivity contribution < 1.29 is 0 Å². The van der Waals surface area contributed by atoms with Gasteiger partial charge in [0.05, 0.1) is 0 Å².